The molecule has 14 heavy (non-hydrogen) atoms. The minimum atomic E-state index is -0.666. The van der Waals surface area contributed by atoms with Gasteiger partial charge in [-0.15, -0.1) is 0 Å². The summed E-state index contributed by atoms with van der Waals surface area (Å²) in [6, 6.07) is 3.18. The molecule has 1 aliphatic rings. The third kappa shape index (κ3) is 1.19. The first kappa shape index (κ1) is 8.87. The molecule has 0 fully saturated rings. The van der Waals surface area contributed by atoms with E-state index in [4.69, 9.17) is 0 Å². The molecule has 3 nitrogen and oxygen atoms in total. The lowest BCUT2D eigenvalue weighted by Gasteiger charge is -2.16. The summed E-state index contributed by atoms with van der Waals surface area (Å²) in [5.74, 6) is -1.67. The Bertz CT molecular complexity index is 440. The fourth-order valence-corrected chi connectivity index (χ4v) is 1.46. The second-order valence-electron chi connectivity index (χ2n) is 3.28. The molecule has 0 unspecified atom stereocenters. The number of nitrogens with one attached hydrogen (secondary N) is 1. The summed E-state index contributed by atoms with van der Waals surface area (Å²) in [5.41, 5.74) is 1.17. The number of amides is 1. The van der Waals surface area contributed by atoms with Crippen molar-refractivity contribution in [2.45, 2.75) is 13.3 Å². The Morgan fingerprint density at radius 2 is 2.07 bits per heavy atom. The van der Waals surface area contributed by atoms with Gasteiger partial charge in [-0.25, -0.2) is 4.39 Å². The van der Waals surface area contributed by atoms with E-state index in [1.165, 1.54) is 0 Å². The van der Waals surface area contributed by atoms with Crippen LogP contribution in [0.5, 0.6) is 0 Å². The predicted molar refractivity (Wildman–Crippen MR) is 48.5 cm³/mol. The van der Waals surface area contributed by atoms with Gasteiger partial charge in [-0.3, -0.25) is 9.59 Å². The molecule has 1 heterocycles. The van der Waals surface area contributed by atoms with Crippen LogP contribution in [0.3, 0.4) is 0 Å². The van der Waals surface area contributed by atoms with Crippen molar-refractivity contribution in [1.29, 1.82) is 0 Å². The van der Waals surface area contributed by atoms with Gasteiger partial charge in [0.2, 0.25) is 5.78 Å². The molecule has 0 spiro atoms. The number of rotatable bonds is 0. The Hall–Kier alpha value is -1.71. The first-order valence-electron chi connectivity index (χ1n) is 4.22. The number of benzene rings is 1. The van der Waals surface area contributed by atoms with Gasteiger partial charge in [-0.1, -0.05) is 6.07 Å². The molecule has 1 aromatic rings. The van der Waals surface area contributed by atoms with Gasteiger partial charge in [0.15, 0.2) is 0 Å². The van der Waals surface area contributed by atoms with Gasteiger partial charge in [0.05, 0.1) is 0 Å². The Morgan fingerprint density at radius 1 is 1.36 bits per heavy atom. The van der Waals surface area contributed by atoms with Crippen molar-refractivity contribution in [2.75, 3.05) is 5.32 Å². The smallest absolute Gasteiger partial charge is 0.292 e. The molecule has 72 valence electrons. The molecule has 1 aliphatic heterocycles. The highest BCUT2D eigenvalue weighted by molar-refractivity contribution is 6.42. The molecular weight excluding hydrogens is 185 g/mol. The molecule has 0 radical (unpaired) electrons. The summed E-state index contributed by atoms with van der Waals surface area (Å²) in [6.07, 6.45) is -0.144. The first-order chi connectivity index (χ1) is 6.59. The number of carbonyl (C=O) groups excluding carboxylic acids is 2. The molecule has 4 heteroatoms. The van der Waals surface area contributed by atoms with Crippen LogP contribution < -0.4 is 5.32 Å². The number of aryl methyl sites for hydroxylation is 1. The predicted octanol–water partition coefficient (Wildman–Crippen LogP) is 1.20. The minimum absolute atomic E-state index is 0.144. The highest BCUT2D eigenvalue weighted by Crippen LogP contribution is 2.25. The average molecular weight is 193 g/mol. The fourth-order valence-electron chi connectivity index (χ4n) is 1.46. The van der Waals surface area contributed by atoms with E-state index >= 15 is 0 Å². The second-order valence-corrected chi connectivity index (χ2v) is 3.28. The van der Waals surface area contributed by atoms with E-state index in [1.807, 2.05) is 0 Å². The number of hydrogen-bond acceptors (Lipinski definition) is 2. The quantitative estimate of drug-likeness (QED) is 0.629. The molecular formula is C10H8FNO2. The summed E-state index contributed by atoms with van der Waals surface area (Å²) >= 11 is 0. The molecule has 0 bridgehead atoms. The Morgan fingerprint density at radius 3 is 2.79 bits per heavy atom. The topological polar surface area (TPSA) is 46.2 Å². The van der Waals surface area contributed by atoms with Gasteiger partial charge in [0, 0.05) is 17.7 Å². The number of hydrogen-bond donors (Lipinski definition) is 1. The third-order valence-electron chi connectivity index (χ3n) is 2.28. The van der Waals surface area contributed by atoms with Crippen LogP contribution in [-0.2, 0) is 16.0 Å². The van der Waals surface area contributed by atoms with Crippen molar-refractivity contribution in [2.24, 2.45) is 0 Å². The summed E-state index contributed by atoms with van der Waals surface area (Å²) in [6.45, 7) is 1.62. The lowest BCUT2D eigenvalue weighted by molar-refractivity contribution is -0.134. The van der Waals surface area contributed by atoms with Crippen molar-refractivity contribution in [3.63, 3.8) is 0 Å². The molecule has 1 N–H and O–H groups in total. The van der Waals surface area contributed by atoms with Crippen molar-refractivity contribution < 1.29 is 14.0 Å². The molecule has 0 saturated heterocycles. The zero-order chi connectivity index (χ0) is 10.3. The number of carbonyl (C=O) groups is 2. The number of ketones is 1. The monoisotopic (exact) mass is 193 g/mol. The molecule has 2 rings (SSSR count). The van der Waals surface area contributed by atoms with E-state index in [0.29, 0.717) is 11.3 Å². The summed E-state index contributed by atoms with van der Waals surface area (Å²) < 4.78 is 13.5. The van der Waals surface area contributed by atoms with Gasteiger partial charge in [-0.05, 0) is 18.6 Å². The number of halogens is 1. The van der Waals surface area contributed by atoms with Gasteiger partial charge < -0.3 is 5.32 Å². The summed E-state index contributed by atoms with van der Waals surface area (Å²) in [7, 11) is 0. The molecule has 0 aliphatic carbocycles. The van der Waals surface area contributed by atoms with Crippen LogP contribution in [-0.4, -0.2) is 11.7 Å². The van der Waals surface area contributed by atoms with Crippen LogP contribution in [0.15, 0.2) is 12.1 Å². The highest BCUT2D eigenvalue weighted by atomic mass is 19.1. The van der Waals surface area contributed by atoms with Crippen molar-refractivity contribution in [3.8, 4) is 0 Å². The fraction of sp³-hybridized carbons (Fsp3) is 0.200. The first-order valence-corrected chi connectivity index (χ1v) is 4.22. The van der Waals surface area contributed by atoms with Gasteiger partial charge in [-0.2, -0.15) is 0 Å². The Kier molecular flexibility index (Phi) is 1.84. The van der Waals surface area contributed by atoms with E-state index in [1.54, 1.807) is 19.1 Å². The van der Waals surface area contributed by atoms with E-state index in [2.05, 4.69) is 5.32 Å². The molecule has 0 atom stereocenters. The van der Waals surface area contributed by atoms with E-state index in [0.717, 1.165) is 0 Å². The largest absolute Gasteiger partial charge is 0.319 e. The maximum absolute atomic E-state index is 13.5. The lowest BCUT2D eigenvalue weighted by atomic mass is 9.99. The summed E-state index contributed by atoms with van der Waals surface area (Å²) in [5, 5.41) is 2.35. The molecule has 1 aromatic carbocycles. The van der Waals surface area contributed by atoms with E-state index < -0.39 is 17.5 Å². The summed E-state index contributed by atoms with van der Waals surface area (Å²) in [4.78, 5) is 22.0. The highest BCUT2D eigenvalue weighted by Gasteiger charge is 2.25. The van der Waals surface area contributed by atoms with Crippen LogP contribution in [0.25, 0.3) is 0 Å². The Balaban J connectivity index is 2.58. The maximum atomic E-state index is 13.5. The number of fused-ring (bicyclic) bond motifs is 1. The van der Waals surface area contributed by atoms with Crippen molar-refractivity contribution in [3.05, 3.63) is 29.1 Å². The zero-order valence-corrected chi connectivity index (χ0v) is 7.56. The van der Waals surface area contributed by atoms with Crippen LogP contribution in [0, 0.1) is 12.7 Å². The van der Waals surface area contributed by atoms with Crippen LogP contribution in [0.2, 0.25) is 0 Å². The van der Waals surface area contributed by atoms with Crippen LogP contribution in [0.1, 0.15) is 11.1 Å². The zero-order valence-electron chi connectivity index (χ0n) is 7.56. The third-order valence-corrected chi connectivity index (χ3v) is 2.28. The van der Waals surface area contributed by atoms with Crippen molar-refractivity contribution >= 4 is 17.4 Å². The Labute approximate surface area is 79.9 Å². The van der Waals surface area contributed by atoms with Gasteiger partial charge in [0.1, 0.15) is 5.82 Å². The molecule has 1 amide bonds. The molecule has 0 aromatic heterocycles. The van der Waals surface area contributed by atoms with Gasteiger partial charge in [0.25, 0.3) is 5.91 Å². The van der Waals surface area contributed by atoms with Crippen molar-refractivity contribution in [1.82, 2.24) is 0 Å². The standard InChI is InChI=1S/C10H8FNO2/c1-5-2-3-7-6(9(5)11)4-8(13)10(14)12-7/h2-3H,4H2,1H3,(H,12,14). The minimum Gasteiger partial charge on any atom is -0.319 e. The maximum Gasteiger partial charge on any atom is 0.292 e. The second kappa shape index (κ2) is 2.90. The molecule has 0 saturated carbocycles. The average Bonchev–Trinajstić information content (AvgIpc) is 2.15. The van der Waals surface area contributed by atoms with E-state index in [-0.39, 0.29) is 12.0 Å². The lowest BCUT2D eigenvalue weighted by Crippen LogP contribution is -2.30. The normalized spacial score (nSPS) is 15.0. The van der Waals surface area contributed by atoms with E-state index in [9.17, 15) is 14.0 Å². The van der Waals surface area contributed by atoms with Crippen LogP contribution in [0.4, 0.5) is 10.1 Å². The van der Waals surface area contributed by atoms with Gasteiger partial charge >= 0.3 is 0 Å². The SMILES string of the molecule is Cc1ccc2c(c1F)CC(=O)C(=O)N2. The number of anilines is 1. The number of Topliss-reactive ketones (excluding diaryl/α,β-unsaturated/α-hetero) is 1. The van der Waals surface area contributed by atoms with Crippen LogP contribution >= 0.6 is 0 Å².